The molecule has 3 rings (SSSR count). The van der Waals surface area contributed by atoms with Crippen molar-refractivity contribution in [2.75, 3.05) is 0 Å². The molecular weight excluding hydrogens is 262 g/mol. The topological polar surface area (TPSA) is 57.8 Å². The number of hydrogen-bond acceptors (Lipinski definition) is 2. The molecule has 1 heterocycles. The summed E-state index contributed by atoms with van der Waals surface area (Å²) in [5, 5.41) is 3.15. The lowest BCUT2D eigenvalue weighted by Crippen LogP contribution is -2.45. The maximum atomic E-state index is 12.4. The summed E-state index contributed by atoms with van der Waals surface area (Å²) in [6, 6.07) is 8.35. The van der Waals surface area contributed by atoms with Crippen LogP contribution in [0.4, 0.5) is 0 Å². The lowest BCUT2D eigenvalue weighted by atomic mass is 9.79. The number of aryl methyl sites for hydroxylation is 1. The highest BCUT2D eigenvalue weighted by Gasteiger charge is 2.33. The summed E-state index contributed by atoms with van der Waals surface area (Å²) < 4.78 is 0. The second kappa shape index (κ2) is 5.72. The second-order valence-corrected chi connectivity index (χ2v) is 5.93. The minimum Gasteiger partial charge on any atom is -0.353 e. The number of carbonyl (C=O) groups is 1. The highest BCUT2D eigenvalue weighted by atomic mass is 16.1. The minimum atomic E-state index is -0.103. The Hall–Kier alpha value is -2.10. The molecule has 4 heteroatoms. The van der Waals surface area contributed by atoms with E-state index in [-0.39, 0.29) is 17.9 Å². The first-order valence-electron chi connectivity index (χ1n) is 7.50. The molecule has 1 amide bonds. The molecule has 21 heavy (non-hydrogen) atoms. The molecule has 0 bridgehead atoms. The maximum Gasteiger partial charge on any atom is 0.227 e. The quantitative estimate of drug-likeness (QED) is 0.906. The van der Waals surface area contributed by atoms with Crippen LogP contribution in [-0.2, 0) is 4.79 Å². The molecule has 4 nitrogen and oxygen atoms in total. The fraction of sp³-hybridized carbons (Fsp3) is 0.412. The van der Waals surface area contributed by atoms with Gasteiger partial charge in [-0.2, -0.15) is 0 Å². The highest BCUT2D eigenvalue weighted by Crippen LogP contribution is 2.35. The van der Waals surface area contributed by atoms with Crippen LogP contribution < -0.4 is 5.32 Å². The number of aromatic amines is 1. The Balaban J connectivity index is 1.55. The van der Waals surface area contributed by atoms with Crippen molar-refractivity contribution in [2.24, 2.45) is 0 Å². The fourth-order valence-electron chi connectivity index (χ4n) is 3.00. The molecule has 1 aliphatic rings. The molecule has 0 radical (unpaired) electrons. The number of hydrogen-bond donors (Lipinski definition) is 2. The van der Waals surface area contributed by atoms with E-state index in [0.717, 1.165) is 24.2 Å². The van der Waals surface area contributed by atoms with E-state index < -0.39 is 0 Å². The van der Waals surface area contributed by atoms with Crippen molar-refractivity contribution >= 4 is 5.91 Å². The number of carbonyl (C=O) groups excluding carboxylic acids is 1. The number of imidazole rings is 1. The third kappa shape index (κ3) is 2.84. The van der Waals surface area contributed by atoms with E-state index in [0.29, 0.717) is 5.92 Å². The van der Waals surface area contributed by atoms with Gasteiger partial charge in [-0.3, -0.25) is 4.79 Å². The monoisotopic (exact) mass is 283 g/mol. The van der Waals surface area contributed by atoms with Crippen molar-refractivity contribution in [1.29, 1.82) is 0 Å². The summed E-state index contributed by atoms with van der Waals surface area (Å²) in [6.45, 7) is 4.02. The van der Waals surface area contributed by atoms with Crippen LogP contribution in [0.1, 0.15) is 48.6 Å². The standard InChI is InChI=1S/C17H21N3O/c1-11-5-3-4-6-15(11)12(2)17(21)20-14-9-13(10-14)16-18-7-8-19-16/h3-8,12-14H,9-10H2,1-2H3,(H,18,19)(H,20,21). The van der Waals surface area contributed by atoms with Crippen molar-refractivity contribution in [1.82, 2.24) is 15.3 Å². The molecule has 0 saturated heterocycles. The smallest absolute Gasteiger partial charge is 0.227 e. The first kappa shape index (κ1) is 13.9. The molecule has 1 atom stereocenters. The number of benzene rings is 1. The van der Waals surface area contributed by atoms with Gasteiger partial charge in [-0.05, 0) is 37.8 Å². The largest absolute Gasteiger partial charge is 0.353 e. The summed E-state index contributed by atoms with van der Waals surface area (Å²) in [5.74, 6) is 1.51. The first-order chi connectivity index (χ1) is 10.1. The van der Waals surface area contributed by atoms with E-state index in [2.05, 4.69) is 28.3 Å². The van der Waals surface area contributed by atoms with Crippen molar-refractivity contribution in [3.8, 4) is 0 Å². The third-order valence-electron chi connectivity index (χ3n) is 4.44. The van der Waals surface area contributed by atoms with Crippen LogP contribution in [0.2, 0.25) is 0 Å². The molecular formula is C17H21N3O. The van der Waals surface area contributed by atoms with Gasteiger partial charge in [0.1, 0.15) is 5.82 Å². The van der Waals surface area contributed by atoms with E-state index in [1.54, 1.807) is 6.20 Å². The maximum absolute atomic E-state index is 12.4. The Morgan fingerprint density at radius 2 is 2.14 bits per heavy atom. The Labute approximate surface area is 125 Å². The molecule has 110 valence electrons. The number of amides is 1. The zero-order valence-electron chi connectivity index (χ0n) is 12.5. The van der Waals surface area contributed by atoms with Gasteiger partial charge in [0.2, 0.25) is 5.91 Å². The van der Waals surface area contributed by atoms with Crippen LogP contribution in [-0.4, -0.2) is 21.9 Å². The molecule has 2 N–H and O–H groups in total. The highest BCUT2D eigenvalue weighted by molar-refractivity contribution is 5.84. The lowest BCUT2D eigenvalue weighted by Gasteiger charge is -2.35. The predicted molar refractivity (Wildman–Crippen MR) is 82.1 cm³/mol. The number of aromatic nitrogens is 2. The SMILES string of the molecule is Cc1ccccc1C(C)C(=O)NC1CC(c2ncc[nH]2)C1. The van der Waals surface area contributed by atoms with Gasteiger partial charge in [0.05, 0.1) is 5.92 Å². The summed E-state index contributed by atoms with van der Waals surface area (Å²) in [4.78, 5) is 19.8. The zero-order chi connectivity index (χ0) is 14.8. The Bertz CT molecular complexity index is 615. The fourth-order valence-corrected chi connectivity index (χ4v) is 3.00. The molecule has 1 unspecified atom stereocenters. The predicted octanol–water partition coefficient (Wildman–Crippen LogP) is 2.88. The van der Waals surface area contributed by atoms with Crippen LogP contribution in [0.5, 0.6) is 0 Å². The summed E-state index contributed by atoms with van der Waals surface area (Å²) >= 11 is 0. The Morgan fingerprint density at radius 3 is 2.81 bits per heavy atom. The number of nitrogens with one attached hydrogen (secondary N) is 2. The van der Waals surface area contributed by atoms with Crippen LogP contribution in [0, 0.1) is 6.92 Å². The van der Waals surface area contributed by atoms with Crippen LogP contribution in [0.15, 0.2) is 36.7 Å². The lowest BCUT2D eigenvalue weighted by molar-refractivity contribution is -0.123. The summed E-state index contributed by atoms with van der Waals surface area (Å²) in [7, 11) is 0. The molecule has 1 aromatic heterocycles. The molecule has 0 spiro atoms. The minimum absolute atomic E-state index is 0.103. The van der Waals surface area contributed by atoms with E-state index >= 15 is 0 Å². The third-order valence-corrected chi connectivity index (χ3v) is 4.44. The molecule has 1 saturated carbocycles. The van der Waals surface area contributed by atoms with E-state index in [4.69, 9.17) is 0 Å². The Kier molecular flexibility index (Phi) is 3.78. The van der Waals surface area contributed by atoms with Crippen LogP contribution in [0.25, 0.3) is 0 Å². The first-order valence-corrected chi connectivity index (χ1v) is 7.50. The van der Waals surface area contributed by atoms with E-state index in [9.17, 15) is 4.79 Å². The van der Waals surface area contributed by atoms with Gasteiger partial charge in [-0.25, -0.2) is 4.98 Å². The number of H-pyrrole nitrogens is 1. The van der Waals surface area contributed by atoms with E-state index in [1.807, 2.05) is 31.3 Å². The van der Waals surface area contributed by atoms with Gasteiger partial charge < -0.3 is 10.3 Å². The van der Waals surface area contributed by atoms with Gasteiger partial charge in [-0.1, -0.05) is 24.3 Å². The summed E-state index contributed by atoms with van der Waals surface area (Å²) in [6.07, 6.45) is 5.57. The average Bonchev–Trinajstić information content (AvgIpc) is 2.95. The summed E-state index contributed by atoms with van der Waals surface area (Å²) in [5.41, 5.74) is 2.28. The molecule has 2 aromatic rings. The molecule has 0 aliphatic heterocycles. The van der Waals surface area contributed by atoms with Gasteiger partial charge in [0, 0.05) is 24.4 Å². The Morgan fingerprint density at radius 1 is 1.38 bits per heavy atom. The number of rotatable bonds is 4. The van der Waals surface area contributed by atoms with Crippen molar-refractivity contribution in [3.05, 3.63) is 53.6 Å². The second-order valence-electron chi connectivity index (χ2n) is 5.93. The van der Waals surface area contributed by atoms with Gasteiger partial charge in [-0.15, -0.1) is 0 Å². The number of nitrogens with zero attached hydrogens (tertiary/aromatic N) is 1. The zero-order valence-corrected chi connectivity index (χ0v) is 12.5. The van der Waals surface area contributed by atoms with Crippen molar-refractivity contribution < 1.29 is 4.79 Å². The van der Waals surface area contributed by atoms with Crippen molar-refractivity contribution in [2.45, 2.75) is 44.6 Å². The van der Waals surface area contributed by atoms with E-state index in [1.165, 1.54) is 5.56 Å². The van der Waals surface area contributed by atoms with Crippen molar-refractivity contribution in [3.63, 3.8) is 0 Å². The van der Waals surface area contributed by atoms with Crippen LogP contribution >= 0.6 is 0 Å². The molecule has 1 aromatic carbocycles. The van der Waals surface area contributed by atoms with Gasteiger partial charge in [0.15, 0.2) is 0 Å². The van der Waals surface area contributed by atoms with Crippen LogP contribution in [0.3, 0.4) is 0 Å². The average molecular weight is 283 g/mol. The van der Waals surface area contributed by atoms with Gasteiger partial charge in [0.25, 0.3) is 0 Å². The van der Waals surface area contributed by atoms with Gasteiger partial charge >= 0.3 is 0 Å². The molecule has 1 fully saturated rings. The normalized spacial score (nSPS) is 22.4. The molecule has 1 aliphatic carbocycles.